The van der Waals surface area contributed by atoms with E-state index in [-0.39, 0.29) is 11.3 Å². The number of esters is 1. The number of carbonyl (C=O) groups is 2. The maximum Gasteiger partial charge on any atom is 0.344 e. The van der Waals surface area contributed by atoms with Gasteiger partial charge in [-0.25, -0.2) is 22.0 Å². The summed E-state index contributed by atoms with van der Waals surface area (Å²) in [5.74, 6) is -4.02. The molecule has 0 fully saturated rings. The second kappa shape index (κ2) is 7.67. The third kappa shape index (κ3) is 3.75. The van der Waals surface area contributed by atoms with E-state index < -0.39 is 45.6 Å². The lowest BCUT2D eigenvalue weighted by atomic mass is 10.1. The molecule has 0 unspecified atom stereocenters. The van der Waals surface area contributed by atoms with Crippen molar-refractivity contribution in [1.29, 1.82) is 0 Å². The van der Waals surface area contributed by atoms with E-state index in [1.165, 1.54) is 16.4 Å². The zero-order chi connectivity index (χ0) is 20.5. The molecule has 148 valence electrons. The summed E-state index contributed by atoms with van der Waals surface area (Å²) in [6.07, 6.45) is 0.454. The van der Waals surface area contributed by atoms with Crippen molar-refractivity contribution in [3.8, 4) is 0 Å². The number of sulfonamides is 1. The van der Waals surface area contributed by atoms with Crippen molar-refractivity contribution < 1.29 is 31.5 Å². The Morgan fingerprint density at radius 3 is 2.46 bits per heavy atom. The Morgan fingerprint density at radius 1 is 1.14 bits per heavy atom. The quantitative estimate of drug-likeness (QED) is 0.541. The minimum Gasteiger partial charge on any atom is -0.454 e. The topological polar surface area (TPSA) is 80.8 Å². The lowest BCUT2D eigenvalue weighted by Crippen LogP contribution is -2.30. The maximum absolute atomic E-state index is 13.6. The number of rotatable bonds is 6. The first kappa shape index (κ1) is 19.9. The van der Waals surface area contributed by atoms with Gasteiger partial charge in [0.15, 0.2) is 12.4 Å². The minimum atomic E-state index is -3.40. The fourth-order valence-electron chi connectivity index (χ4n) is 2.97. The SMILES string of the molecule is CCS(=O)(=O)N1CCc2cc(C(=O)COC(=O)c3c(F)cccc3F)ccc21. The average molecular weight is 409 g/mol. The Labute approximate surface area is 160 Å². The molecule has 0 aromatic heterocycles. The van der Waals surface area contributed by atoms with E-state index >= 15 is 0 Å². The van der Waals surface area contributed by atoms with Crippen LogP contribution in [0.1, 0.15) is 33.2 Å². The van der Waals surface area contributed by atoms with Gasteiger partial charge in [0.05, 0.1) is 11.4 Å². The third-order valence-electron chi connectivity index (χ3n) is 4.46. The molecule has 6 nitrogen and oxygen atoms in total. The number of nitrogens with zero attached hydrogens (tertiary/aromatic N) is 1. The van der Waals surface area contributed by atoms with Crippen LogP contribution in [0.15, 0.2) is 36.4 Å². The predicted octanol–water partition coefficient (Wildman–Crippen LogP) is 2.72. The third-order valence-corrected chi connectivity index (χ3v) is 6.24. The van der Waals surface area contributed by atoms with Gasteiger partial charge in [-0.05, 0) is 49.2 Å². The summed E-state index contributed by atoms with van der Waals surface area (Å²) >= 11 is 0. The molecule has 0 saturated heterocycles. The lowest BCUT2D eigenvalue weighted by molar-refractivity contribution is 0.0465. The average Bonchev–Trinajstić information content (AvgIpc) is 3.10. The normalized spacial score (nSPS) is 13.3. The highest BCUT2D eigenvalue weighted by molar-refractivity contribution is 7.92. The van der Waals surface area contributed by atoms with Gasteiger partial charge in [-0.15, -0.1) is 0 Å². The summed E-state index contributed by atoms with van der Waals surface area (Å²) in [4.78, 5) is 24.2. The van der Waals surface area contributed by atoms with E-state index in [0.29, 0.717) is 24.2 Å². The van der Waals surface area contributed by atoms with Crippen molar-refractivity contribution in [3.05, 3.63) is 64.7 Å². The van der Waals surface area contributed by atoms with Crippen molar-refractivity contribution in [1.82, 2.24) is 0 Å². The molecule has 1 aliphatic heterocycles. The zero-order valence-electron chi connectivity index (χ0n) is 14.9. The second-order valence-electron chi connectivity index (χ2n) is 6.16. The number of anilines is 1. The summed E-state index contributed by atoms with van der Waals surface area (Å²) in [5.41, 5.74) is 0.569. The van der Waals surface area contributed by atoms with Gasteiger partial charge in [0.1, 0.15) is 17.2 Å². The number of ether oxygens (including phenoxy) is 1. The number of Topliss-reactive ketones (excluding diaryl/α,β-unsaturated/α-hetero) is 1. The summed E-state index contributed by atoms with van der Waals surface area (Å²) in [7, 11) is -3.40. The summed E-state index contributed by atoms with van der Waals surface area (Å²) < 4.78 is 57.4. The van der Waals surface area contributed by atoms with Crippen LogP contribution in [0.4, 0.5) is 14.5 Å². The van der Waals surface area contributed by atoms with Crippen molar-refractivity contribution in [3.63, 3.8) is 0 Å². The van der Waals surface area contributed by atoms with Gasteiger partial charge in [-0.1, -0.05) is 6.07 Å². The van der Waals surface area contributed by atoms with Crippen molar-refractivity contribution in [2.45, 2.75) is 13.3 Å². The molecule has 0 amide bonds. The number of hydrogen-bond donors (Lipinski definition) is 0. The highest BCUT2D eigenvalue weighted by Gasteiger charge is 2.28. The molecule has 3 rings (SSSR count). The molecule has 9 heteroatoms. The van der Waals surface area contributed by atoms with Gasteiger partial charge in [-0.2, -0.15) is 0 Å². The molecule has 0 N–H and O–H groups in total. The summed E-state index contributed by atoms with van der Waals surface area (Å²) in [6.45, 7) is 1.16. The van der Waals surface area contributed by atoms with Crippen LogP contribution in [0.3, 0.4) is 0 Å². The van der Waals surface area contributed by atoms with Gasteiger partial charge in [-0.3, -0.25) is 9.10 Å². The minimum absolute atomic E-state index is 0.0321. The van der Waals surface area contributed by atoms with Gasteiger partial charge in [0.25, 0.3) is 0 Å². The van der Waals surface area contributed by atoms with Gasteiger partial charge in [0, 0.05) is 12.1 Å². The van der Waals surface area contributed by atoms with Crippen molar-refractivity contribution in [2.75, 3.05) is 23.2 Å². The van der Waals surface area contributed by atoms with Crippen LogP contribution in [0, 0.1) is 11.6 Å². The van der Waals surface area contributed by atoms with Gasteiger partial charge >= 0.3 is 5.97 Å². The molecule has 1 heterocycles. The summed E-state index contributed by atoms with van der Waals surface area (Å²) in [5, 5.41) is 0. The standard InChI is InChI=1S/C19H17F2NO5S/c1-2-28(25,26)22-9-8-12-10-13(6-7-16(12)22)17(23)11-27-19(24)18-14(20)4-3-5-15(18)21/h3-7,10H,2,8-9,11H2,1H3. The van der Waals surface area contributed by atoms with E-state index in [1.54, 1.807) is 13.0 Å². The Balaban J connectivity index is 1.72. The van der Waals surface area contributed by atoms with Crippen LogP contribution in [-0.4, -0.2) is 39.1 Å². The van der Waals surface area contributed by atoms with Crippen LogP contribution in [0.5, 0.6) is 0 Å². The highest BCUT2D eigenvalue weighted by Crippen LogP contribution is 2.31. The Hall–Kier alpha value is -2.81. The first-order chi connectivity index (χ1) is 13.2. The second-order valence-corrected chi connectivity index (χ2v) is 8.34. The Bertz CT molecular complexity index is 1030. The first-order valence-corrected chi connectivity index (χ1v) is 10.1. The Morgan fingerprint density at radius 2 is 1.82 bits per heavy atom. The molecule has 1 aliphatic rings. The van der Waals surface area contributed by atoms with Gasteiger partial charge < -0.3 is 4.74 Å². The number of fused-ring (bicyclic) bond motifs is 1. The van der Waals surface area contributed by atoms with Crippen LogP contribution in [-0.2, 0) is 21.2 Å². The van der Waals surface area contributed by atoms with E-state index in [4.69, 9.17) is 4.74 Å². The van der Waals surface area contributed by atoms with E-state index in [1.807, 2.05) is 0 Å². The van der Waals surface area contributed by atoms with E-state index in [0.717, 1.165) is 18.2 Å². The molecule has 2 aromatic carbocycles. The predicted molar refractivity (Wildman–Crippen MR) is 97.9 cm³/mol. The summed E-state index contributed by atoms with van der Waals surface area (Å²) in [6, 6.07) is 7.44. The Kier molecular flexibility index (Phi) is 5.46. The molecule has 28 heavy (non-hydrogen) atoms. The van der Waals surface area contributed by atoms with Crippen molar-refractivity contribution in [2.24, 2.45) is 0 Å². The number of benzene rings is 2. The zero-order valence-corrected chi connectivity index (χ0v) is 15.8. The molecular weight excluding hydrogens is 392 g/mol. The molecular formula is C19H17F2NO5S. The number of ketones is 1. The first-order valence-electron chi connectivity index (χ1n) is 8.52. The molecule has 0 spiro atoms. The lowest BCUT2D eigenvalue weighted by Gasteiger charge is -2.18. The van der Waals surface area contributed by atoms with Crippen LogP contribution in [0.25, 0.3) is 0 Å². The monoisotopic (exact) mass is 409 g/mol. The van der Waals surface area contributed by atoms with Crippen LogP contribution < -0.4 is 4.31 Å². The van der Waals surface area contributed by atoms with Crippen LogP contribution >= 0.6 is 0 Å². The van der Waals surface area contributed by atoms with Crippen LogP contribution in [0.2, 0.25) is 0 Å². The fourth-order valence-corrected chi connectivity index (χ4v) is 4.13. The number of halogens is 2. The molecule has 2 aromatic rings. The van der Waals surface area contributed by atoms with E-state index in [2.05, 4.69) is 0 Å². The van der Waals surface area contributed by atoms with Gasteiger partial charge in [0.2, 0.25) is 10.0 Å². The highest BCUT2D eigenvalue weighted by atomic mass is 32.2. The van der Waals surface area contributed by atoms with Crippen molar-refractivity contribution >= 4 is 27.5 Å². The fraction of sp³-hybridized carbons (Fsp3) is 0.263. The molecule has 0 aliphatic carbocycles. The largest absolute Gasteiger partial charge is 0.454 e. The maximum atomic E-state index is 13.6. The van der Waals surface area contributed by atoms with E-state index in [9.17, 15) is 26.8 Å². The molecule has 0 radical (unpaired) electrons. The molecule has 0 bridgehead atoms. The molecule has 0 atom stereocenters. The number of hydrogen-bond acceptors (Lipinski definition) is 5. The smallest absolute Gasteiger partial charge is 0.344 e. The molecule has 0 saturated carbocycles. The number of carbonyl (C=O) groups excluding carboxylic acids is 2.